The molecule has 0 bridgehead atoms. The van der Waals surface area contributed by atoms with Gasteiger partial charge in [-0.25, -0.2) is 4.79 Å². The molecule has 0 fully saturated rings. The number of halogens is 3. The minimum absolute atomic E-state index is 0.109. The van der Waals surface area contributed by atoms with Gasteiger partial charge in [-0.1, -0.05) is 34.8 Å². The van der Waals surface area contributed by atoms with Gasteiger partial charge in [-0.3, -0.25) is 4.79 Å². The van der Waals surface area contributed by atoms with Gasteiger partial charge < -0.3 is 15.2 Å². The summed E-state index contributed by atoms with van der Waals surface area (Å²) in [5, 5.41) is 12.3. The monoisotopic (exact) mass is 387 g/mol. The van der Waals surface area contributed by atoms with E-state index in [1.165, 1.54) is 30.3 Å². The Balaban J connectivity index is 2.33. The highest BCUT2D eigenvalue weighted by Gasteiger charge is 2.17. The first-order chi connectivity index (χ1) is 11.3. The number of hydrogen-bond acceptors (Lipinski definition) is 3. The van der Waals surface area contributed by atoms with Crippen LogP contribution in [0.15, 0.2) is 30.3 Å². The summed E-state index contributed by atoms with van der Waals surface area (Å²) < 4.78 is 5.30. The third-order valence-electron chi connectivity index (χ3n) is 3.01. The number of ether oxygens (including phenoxy) is 1. The first-order valence-electron chi connectivity index (χ1n) is 6.79. The number of benzene rings is 2. The molecular formula is C16H12Cl3NO4. The zero-order valence-corrected chi connectivity index (χ0v) is 14.7. The number of nitrogens with one attached hydrogen (secondary N) is 1. The summed E-state index contributed by atoms with van der Waals surface area (Å²) in [5.74, 6) is -1.49. The van der Waals surface area contributed by atoms with Crippen molar-refractivity contribution < 1.29 is 19.4 Å². The molecule has 2 aromatic carbocycles. The Hall–Kier alpha value is -1.95. The standard InChI is InChI=1S/C16H12Cl3NO4/c1-2-24-14-11(18)5-8(6-12(14)19)15(21)20-13-4-3-9(17)7-10(13)16(22)23/h3-7H,2H2,1H3,(H,20,21)(H,22,23). The maximum atomic E-state index is 12.4. The van der Waals surface area contributed by atoms with Crippen LogP contribution in [0.4, 0.5) is 5.69 Å². The quantitative estimate of drug-likeness (QED) is 0.756. The van der Waals surface area contributed by atoms with Gasteiger partial charge in [0.15, 0.2) is 5.75 Å². The number of carbonyl (C=O) groups is 2. The zero-order valence-electron chi connectivity index (χ0n) is 12.4. The summed E-state index contributed by atoms with van der Waals surface area (Å²) in [4.78, 5) is 23.6. The van der Waals surface area contributed by atoms with E-state index in [0.717, 1.165) is 0 Å². The molecule has 0 aliphatic carbocycles. The number of carboxylic acid groups (broad SMARTS) is 1. The lowest BCUT2D eigenvalue weighted by Gasteiger charge is -2.12. The van der Waals surface area contributed by atoms with Crippen molar-refractivity contribution >= 4 is 52.4 Å². The molecule has 8 heteroatoms. The molecule has 24 heavy (non-hydrogen) atoms. The van der Waals surface area contributed by atoms with Crippen LogP contribution in [0.3, 0.4) is 0 Å². The van der Waals surface area contributed by atoms with Crippen LogP contribution in [-0.2, 0) is 0 Å². The molecule has 0 aliphatic heterocycles. The fourth-order valence-corrected chi connectivity index (χ4v) is 2.74. The van der Waals surface area contributed by atoms with E-state index < -0.39 is 11.9 Å². The van der Waals surface area contributed by atoms with Crippen molar-refractivity contribution in [2.75, 3.05) is 11.9 Å². The van der Waals surface area contributed by atoms with Crippen LogP contribution in [0.5, 0.6) is 5.75 Å². The van der Waals surface area contributed by atoms with Gasteiger partial charge in [0.1, 0.15) is 0 Å². The van der Waals surface area contributed by atoms with Crippen LogP contribution in [0.25, 0.3) is 0 Å². The van der Waals surface area contributed by atoms with Gasteiger partial charge in [0.05, 0.1) is 27.9 Å². The number of carboxylic acids is 1. The Morgan fingerprint density at radius 3 is 2.29 bits per heavy atom. The van der Waals surface area contributed by atoms with Gasteiger partial charge >= 0.3 is 5.97 Å². The second kappa shape index (κ2) is 7.75. The Kier molecular flexibility index (Phi) is 5.94. The van der Waals surface area contributed by atoms with Crippen molar-refractivity contribution in [3.63, 3.8) is 0 Å². The van der Waals surface area contributed by atoms with E-state index in [1.807, 2.05) is 0 Å². The van der Waals surface area contributed by atoms with Crippen LogP contribution in [0.1, 0.15) is 27.6 Å². The SMILES string of the molecule is CCOc1c(Cl)cc(C(=O)Nc2ccc(Cl)cc2C(=O)O)cc1Cl. The number of rotatable bonds is 5. The van der Waals surface area contributed by atoms with E-state index in [9.17, 15) is 14.7 Å². The van der Waals surface area contributed by atoms with Crippen LogP contribution >= 0.6 is 34.8 Å². The number of anilines is 1. The number of aromatic carboxylic acids is 1. The maximum absolute atomic E-state index is 12.4. The second-order valence-corrected chi connectivity index (χ2v) is 5.90. The molecule has 0 saturated heterocycles. The Morgan fingerprint density at radius 1 is 1.12 bits per heavy atom. The molecule has 0 heterocycles. The molecule has 126 valence electrons. The normalized spacial score (nSPS) is 10.3. The summed E-state index contributed by atoms with van der Waals surface area (Å²) in [7, 11) is 0. The zero-order chi connectivity index (χ0) is 17.9. The Labute approximate surface area is 153 Å². The fraction of sp³-hybridized carbons (Fsp3) is 0.125. The van der Waals surface area contributed by atoms with Crippen LogP contribution in [0.2, 0.25) is 15.1 Å². The van der Waals surface area contributed by atoms with Crippen molar-refractivity contribution in [3.8, 4) is 5.75 Å². The fourth-order valence-electron chi connectivity index (χ4n) is 1.97. The van der Waals surface area contributed by atoms with Crippen molar-refractivity contribution in [2.45, 2.75) is 6.92 Å². The lowest BCUT2D eigenvalue weighted by Crippen LogP contribution is -2.15. The number of amides is 1. The average molecular weight is 389 g/mol. The molecule has 0 unspecified atom stereocenters. The second-order valence-electron chi connectivity index (χ2n) is 4.65. The largest absolute Gasteiger partial charge is 0.491 e. The van der Waals surface area contributed by atoms with E-state index in [2.05, 4.69) is 5.32 Å². The molecule has 0 atom stereocenters. The minimum Gasteiger partial charge on any atom is -0.491 e. The van der Waals surface area contributed by atoms with Crippen LogP contribution in [-0.4, -0.2) is 23.6 Å². The first-order valence-corrected chi connectivity index (χ1v) is 7.93. The molecule has 0 aromatic heterocycles. The van der Waals surface area contributed by atoms with Gasteiger partial charge in [-0.2, -0.15) is 0 Å². The van der Waals surface area contributed by atoms with E-state index in [4.69, 9.17) is 39.5 Å². The molecule has 2 aromatic rings. The summed E-state index contributed by atoms with van der Waals surface area (Å²) in [6.45, 7) is 2.15. The molecule has 2 N–H and O–H groups in total. The molecule has 1 amide bonds. The Morgan fingerprint density at radius 2 is 1.75 bits per heavy atom. The molecular weight excluding hydrogens is 377 g/mol. The highest BCUT2D eigenvalue weighted by molar-refractivity contribution is 6.38. The number of carbonyl (C=O) groups excluding carboxylic acids is 1. The summed E-state index contributed by atoms with van der Waals surface area (Å²) in [5.41, 5.74) is 0.150. The van der Waals surface area contributed by atoms with Crippen LogP contribution < -0.4 is 10.1 Å². The molecule has 0 saturated carbocycles. The molecule has 0 spiro atoms. The van der Waals surface area contributed by atoms with Crippen molar-refractivity contribution in [2.24, 2.45) is 0 Å². The average Bonchev–Trinajstić information content (AvgIpc) is 2.52. The van der Waals surface area contributed by atoms with Gasteiger partial charge in [-0.15, -0.1) is 0 Å². The highest BCUT2D eigenvalue weighted by atomic mass is 35.5. The summed E-state index contributed by atoms with van der Waals surface area (Å²) in [6, 6.07) is 6.91. The third-order valence-corrected chi connectivity index (χ3v) is 3.81. The lowest BCUT2D eigenvalue weighted by atomic mass is 10.1. The van der Waals surface area contributed by atoms with Gasteiger partial charge in [0.2, 0.25) is 0 Å². The topological polar surface area (TPSA) is 75.6 Å². The summed E-state index contributed by atoms with van der Waals surface area (Å²) >= 11 is 17.9. The third kappa shape index (κ3) is 4.12. The molecule has 0 radical (unpaired) electrons. The minimum atomic E-state index is -1.21. The Bertz CT molecular complexity index is 785. The smallest absolute Gasteiger partial charge is 0.337 e. The predicted octanol–water partition coefficient (Wildman–Crippen LogP) is 5.00. The van der Waals surface area contributed by atoms with Crippen molar-refractivity contribution in [1.82, 2.24) is 0 Å². The van der Waals surface area contributed by atoms with Gasteiger partial charge in [0, 0.05) is 10.6 Å². The predicted molar refractivity (Wildman–Crippen MR) is 94.0 cm³/mol. The van der Waals surface area contributed by atoms with E-state index in [-0.39, 0.29) is 37.6 Å². The molecule has 5 nitrogen and oxygen atoms in total. The first kappa shape index (κ1) is 18.4. The summed E-state index contributed by atoms with van der Waals surface area (Å²) in [6.07, 6.45) is 0. The van der Waals surface area contributed by atoms with Crippen molar-refractivity contribution in [3.05, 3.63) is 56.5 Å². The van der Waals surface area contributed by atoms with Crippen LogP contribution in [0, 0.1) is 0 Å². The van der Waals surface area contributed by atoms with Gasteiger partial charge in [-0.05, 0) is 37.3 Å². The highest BCUT2D eigenvalue weighted by Crippen LogP contribution is 2.34. The number of hydrogen-bond donors (Lipinski definition) is 2. The van der Waals surface area contributed by atoms with Gasteiger partial charge in [0.25, 0.3) is 5.91 Å². The lowest BCUT2D eigenvalue weighted by molar-refractivity contribution is 0.0698. The van der Waals surface area contributed by atoms with Crippen molar-refractivity contribution in [1.29, 1.82) is 0 Å². The van der Waals surface area contributed by atoms with E-state index >= 15 is 0 Å². The molecule has 2 rings (SSSR count). The van der Waals surface area contributed by atoms with E-state index in [0.29, 0.717) is 6.61 Å². The maximum Gasteiger partial charge on any atom is 0.337 e. The van der Waals surface area contributed by atoms with E-state index in [1.54, 1.807) is 6.92 Å². The molecule has 0 aliphatic rings.